The summed E-state index contributed by atoms with van der Waals surface area (Å²) in [5.74, 6) is 1.27. The Balaban J connectivity index is 2.33. The second-order valence-corrected chi connectivity index (χ2v) is 5.70. The van der Waals surface area contributed by atoms with Gasteiger partial charge in [0.25, 0.3) is 0 Å². The number of aryl methyl sites for hydroxylation is 1. The van der Waals surface area contributed by atoms with Crippen LogP contribution in [0.2, 0.25) is 0 Å². The molecule has 0 fully saturated rings. The third-order valence-electron chi connectivity index (χ3n) is 3.35. The van der Waals surface area contributed by atoms with Crippen molar-refractivity contribution in [2.45, 2.75) is 24.6 Å². The minimum Gasteiger partial charge on any atom is -0.496 e. The van der Waals surface area contributed by atoms with E-state index in [1.807, 2.05) is 18.5 Å². The molecule has 2 rings (SSSR count). The SMILES string of the molecule is COc1ccc(C)cc1C(Br)C(C)c1ccncc1. The summed E-state index contributed by atoms with van der Waals surface area (Å²) >= 11 is 3.81. The van der Waals surface area contributed by atoms with Crippen molar-refractivity contribution in [2.75, 3.05) is 7.11 Å². The average Bonchev–Trinajstić information content (AvgIpc) is 2.46. The van der Waals surface area contributed by atoms with Crippen molar-refractivity contribution in [1.82, 2.24) is 4.98 Å². The number of halogens is 1. The highest BCUT2D eigenvalue weighted by atomic mass is 79.9. The molecule has 0 amide bonds. The van der Waals surface area contributed by atoms with Crippen LogP contribution in [0.15, 0.2) is 42.7 Å². The maximum atomic E-state index is 5.47. The Labute approximate surface area is 123 Å². The molecule has 2 atom stereocenters. The number of methoxy groups -OCH3 is 1. The first-order valence-corrected chi connectivity index (χ1v) is 7.23. The van der Waals surface area contributed by atoms with Crippen molar-refractivity contribution in [1.29, 1.82) is 0 Å². The summed E-state index contributed by atoms with van der Waals surface area (Å²) in [6, 6.07) is 10.4. The van der Waals surface area contributed by atoms with Gasteiger partial charge in [0.1, 0.15) is 5.75 Å². The van der Waals surface area contributed by atoms with Crippen LogP contribution in [0, 0.1) is 6.92 Å². The molecule has 1 aromatic carbocycles. The van der Waals surface area contributed by atoms with E-state index >= 15 is 0 Å². The zero-order chi connectivity index (χ0) is 13.8. The van der Waals surface area contributed by atoms with Gasteiger partial charge < -0.3 is 4.74 Å². The Morgan fingerprint density at radius 3 is 2.47 bits per heavy atom. The number of pyridine rings is 1. The lowest BCUT2D eigenvalue weighted by molar-refractivity contribution is 0.408. The largest absolute Gasteiger partial charge is 0.496 e. The molecular formula is C16H18BrNO. The predicted molar refractivity (Wildman–Crippen MR) is 82.1 cm³/mol. The fraction of sp³-hybridized carbons (Fsp3) is 0.312. The molecule has 19 heavy (non-hydrogen) atoms. The number of hydrogen-bond acceptors (Lipinski definition) is 2. The van der Waals surface area contributed by atoms with Gasteiger partial charge in [-0.25, -0.2) is 0 Å². The first-order chi connectivity index (χ1) is 9.13. The normalized spacial score (nSPS) is 13.9. The van der Waals surface area contributed by atoms with Crippen LogP contribution in [0.3, 0.4) is 0 Å². The monoisotopic (exact) mass is 319 g/mol. The number of nitrogens with zero attached hydrogens (tertiary/aromatic N) is 1. The van der Waals surface area contributed by atoms with Gasteiger partial charge in [0.2, 0.25) is 0 Å². The number of alkyl halides is 1. The molecule has 2 nitrogen and oxygen atoms in total. The van der Waals surface area contributed by atoms with E-state index < -0.39 is 0 Å². The number of ether oxygens (including phenoxy) is 1. The van der Waals surface area contributed by atoms with Gasteiger partial charge in [0.05, 0.1) is 7.11 Å². The number of hydrogen-bond donors (Lipinski definition) is 0. The molecule has 0 radical (unpaired) electrons. The van der Waals surface area contributed by atoms with Crippen molar-refractivity contribution in [3.05, 3.63) is 59.4 Å². The molecule has 3 heteroatoms. The van der Waals surface area contributed by atoms with Gasteiger partial charge in [0.15, 0.2) is 0 Å². The molecular weight excluding hydrogens is 302 g/mol. The molecule has 2 unspecified atom stereocenters. The topological polar surface area (TPSA) is 22.1 Å². The van der Waals surface area contributed by atoms with Crippen LogP contribution in [0.5, 0.6) is 5.75 Å². The van der Waals surface area contributed by atoms with Crippen molar-refractivity contribution in [3.63, 3.8) is 0 Å². The third kappa shape index (κ3) is 3.16. The van der Waals surface area contributed by atoms with E-state index in [4.69, 9.17) is 4.74 Å². The van der Waals surface area contributed by atoms with Crippen LogP contribution in [-0.4, -0.2) is 12.1 Å². The number of aromatic nitrogens is 1. The molecule has 0 bridgehead atoms. The zero-order valence-corrected chi connectivity index (χ0v) is 13.0. The molecule has 0 aliphatic rings. The van der Waals surface area contributed by atoms with Gasteiger partial charge in [-0.1, -0.05) is 40.5 Å². The van der Waals surface area contributed by atoms with Crippen LogP contribution >= 0.6 is 15.9 Å². The maximum absolute atomic E-state index is 5.47. The van der Waals surface area contributed by atoms with E-state index in [0.717, 1.165) is 5.75 Å². The van der Waals surface area contributed by atoms with Crippen molar-refractivity contribution in [3.8, 4) is 5.75 Å². The second kappa shape index (κ2) is 6.20. The van der Waals surface area contributed by atoms with Gasteiger partial charge in [0, 0.05) is 22.8 Å². The van der Waals surface area contributed by atoms with E-state index in [1.165, 1.54) is 16.7 Å². The van der Waals surface area contributed by atoms with Crippen LogP contribution in [0.25, 0.3) is 0 Å². The maximum Gasteiger partial charge on any atom is 0.123 e. The summed E-state index contributed by atoms with van der Waals surface area (Å²) < 4.78 is 5.47. The standard InChI is InChI=1S/C16H18BrNO/c1-11-4-5-15(19-3)14(10-11)16(17)12(2)13-6-8-18-9-7-13/h4-10,12,16H,1-3H3. The van der Waals surface area contributed by atoms with E-state index in [2.05, 4.69) is 59.0 Å². The van der Waals surface area contributed by atoms with Gasteiger partial charge >= 0.3 is 0 Å². The Hall–Kier alpha value is -1.35. The van der Waals surface area contributed by atoms with E-state index in [-0.39, 0.29) is 4.83 Å². The molecule has 100 valence electrons. The van der Waals surface area contributed by atoms with Crippen LogP contribution in [0.4, 0.5) is 0 Å². The highest BCUT2D eigenvalue weighted by molar-refractivity contribution is 9.09. The lowest BCUT2D eigenvalue weighted by Gasteiger charge is -2.21. The lowest BCUT2D eigenvalue weighted by Crippen LogP contribution is -2.04. The number of rotatable bonds is 4. The van der Waals surface area contributed by atoms with Crippen LogP contribution in [0.1, 0.15) is 34.4 Å². The summed E-state index contributed by atoms with van der Waals surface area (Å²) in [5, 5.41) is 0. The molecule has 2 aromatic rings. The highest BCUT2D eigenvalue weighted by Gasteiger charge is 2.21. The molecule has 1 heterocycles. The first kappa shape index (κ1) is 14.1. The Kier molecular flexibility index (Phi) is 4.59. The molecule has 0 spiro atoms. The fourth-order valence-corrected chi connectivity index (χ4v) is 2.84. The molecule has 0 N–H and O–H groups in total. The zero-order valence-electron chi connectivity index (χ0n) is 11.4. The molecule has 0 saturated carbocycles. The summed E-state index contributed by atoms with van der Waals surface area (Å²) in [5.41, 5.74) is 3.69. The first-order valence-electron chi connectivity index (χ1n) is 6.32. The quantitative estimate of drug-likeness (QED) is 0.766. The summed E-state index contributed by atoms with van der Waals surface area (Å²) in [7, 11) is 1.71. The van der Waals surface area contributed by atoms with Crippen molar-refractivity contribution >= 4 is 15.9 Å². The highest BCUT2D eigenvalue weighted by Crippen LogP contribution is 2.41. The summed E-state index contributed by atoms with van der Waals surface area (Å²) in [4.78, 5) is 4.28. The fourth-order valence-electron chi connectivity index (χ4n) is 2.17. The van der Waals surface area contributed by atoms with Gasteiger partial charge in [-0.15, -0.1) is 0 Å². The Bertz CT molecular complexity index is 542. The van der Waals surface area contributed by atoms with Gasteiger partial charge in [-0.05, 0) is 36.6 Å². The summed E-state index contributed by atoms with van der Waals surface area (Å²) in [6.07, 6.45) is 3.66. The van der Waals surface area contributed by atoms with Crippen LogP contribution < -0.4 is 4.74 Å². The minimum absolute atomic E-state index is 0.213. The van der Waals surface area contributed by atoms with E-state index in [1.54, 1.807) is 7.11 Å². The van der Waals surface area contributed by atoms with E-state index in [9.17, 15) is 0 Å². The number of benzene rings is 1. The Morgan fingerprint density at radius 2 is 1.84 bits per heavy atom. The van der Waals surface area contributed by atoms with Crippen LogP contribution in [-0.2, 0) is 0 Å². The molecule has 0 aliphatic carbocycles. The molecule has 1 aromatic heterocycles. The minimum atomic E-state index is 0.213. The second-order valence-electron chi connectivity index (χ2n) is 4.72. The smallest absolute Gasteiger partial charge is 0.123 e. The Morgan fingerprint density at radius 1 is 1.16 bits per heavy atom. The van der Waals surface area contributed by atoms with E-state index in [0.29, 0.717) is 5.92 Å². The van der Waals surface area contributed by atoms with Gasteiger partial charge in [-0.2, -0.15) is 0 Å². The van der Waals surface area contributed by atoms with Gasteiger partial charge in [-0.3, -0.25) is 4.98 Å². The van der Waals surface area contributed by atoms with Crippen molar-refractivity contribution in [2.24, 2.45) is 0 Å². The molecule has 0 saturated heterocycles. The van der Waals surface area contributed by atoms with Crippen molar-refractivity contribution < 1.29 is 4.74 Å². The summed E-state index contributed by atoms with van der Waals surface area (Å²) in [6.45, 7) is 4.30. The lowest BCUT2D eigenvalue weighted by atomic mass is 9.93. The predicted octanol–water partition coefficient (Wildman–Crippen LogP) is 4.64. The third-order valence-corrected chi connectivity index (χ3v) is 4.64. The average molecular weight is 320 g/mol. The molecule has 0 aliphatic heterocycles.